The SMILES string of the molecule is CC(C)(C)c1cnc(CN2C(=O)CC3(CCSC3)C2=O)o1. The van der Waals surface area contributed by atoms with Crippen LogP contribution in [0.5, 0.6) is 0 Å². The minimum absolute atomic E-state index is 0.0481. The average Bonchev–Trinajstić information content (AvgIpc) is 3.07. The van der Waals surface area contributed by atoms with E-state index in [2.05, 4.69) is 4.98 Å². The molecule has 1 unspecified atom stereocenters. The minimum atomic E-state index is -0.457. The third-order valence-electron chi connectivity index (χ3n) is 4.18. The predicted octanol–water partition coefficient (Wildman–Crippen LogP) is 2.35. The maximum Gasteiger partial charge on any atom is 0.237 e. The molecule has 0 aromatic carbocycles. The smallest absolute Gasteiger partial charge is 0.237 e. The standard InChI is InChI=1S/C15H20N2O3S/c1-14(2,3)10-7-16-11(20-10)8-17-12(18)6-15(13(17)19)4-5-21-9-15/h7H,4-6,8-9H2,1-3H3. The Bertz CT molecular complexity index is 582. The van der Waals surface area contributed by atoms with Crippen molar-refractivity contribution in [2.75, 3.05) is 11.5 Å². The first kappa shape index (κ1) is 14.6. The number of aromatic nitrogens is 1. The van der Waals surface area contributed by atoms with Gasteiger partial charge in [0.05, 0.1) is 11.6 Å². The lowest BCUT2D eigenvalue weighted by Gasteiger charge is -2.19. The maximum atomic E-state index is 12.6. The Morgan fingerprint density at radius 2 is 2.19 bits per heavy atom. The molecule has 2 amide bonds. The van der Waals surface area contributed by atoms with E-state index in [-0.39, 0.29) is 23.8 Å². The van der Waals surface area contributed by atoms with Crippen LogP contribution in [0.15, 0.2) is 10.6 Å². The van der Waals surface area contributed by atoms with E-state index in [9.17, 15) is 9.59 Å². The molecule has 5 nitrogen and oxygen atoms in total. The molecule has 0 saturated carbocycles. The summed E-state index contributed by atoms with van der Waals surface area (Å²) in [5.74, 6) is 2.77. The Hall–Kier alpha value is -1.30. The minimum Gasteiger partial charge on any atom is -0.443 e. The second-order valence-corrected chi connectivity index (χ2v) is 8.02. The summed E-state index contributed by atoms with van der Waals surface area (Å²) in [6.07, 6.45) is 2.82. The molecular weight excluding hydrogens is 288 g/mol. The zero-order valence-electron chi connectivity index (χ0n) is 12.6. The van der Waals surface area contributed by atoms with Crippen molar-refractivity contribution in [1.82, 2.24) is 9.88 Å². The zero-order chi connectivity index (χ0) is 15.3. The number of hydrogen-bond donors (Lipinski definition) is 0. The highest BCUT2D eigenvalue weighted by Gasteiger charge is 2.53. The van der Waals surface area contributed by atoms with Gasteiger partial charge in [0.1, 0.15) is 12.3 Å². The van der Waals surface area contributed by atoms with Gasteiger partial charge in [-0.05, 0) is 12.2 Å². The van der Waals surface area contributed by atoms with Crippen LogP contribution in [-0.4, -0.2) is 33.2 Å². The van der Waals surface area contributed by atoms with Gasteiger partial charge in [-0.1, -0.05) is 20.8 Å². The molecule has 3 rings (SSSR count). The van der Waals surface area contributed by atoms with Gasteiger partial charge in [0, 0.05) is 17.6 Å². The van der Waals surface area contributed by atoms with Crippen LogP contribution in [0.25, 0.3) is 0 Å². The molecule has 0 aliphatic carbocycles. The van der Waals surface area contributed by atoms with Gasteiger partial charge >= 0.3 is 0 Å². The molecule has 3 heterocycles. The maximum absolute atomic E-state index is 12.6. The second-order valence-electron chi connectivity index (χ2n) is 6.91. The van der Waals surface area contributed by atoms with E-state index in [4.69, 9.17) is 4.42 Å². The van der Waals surface area contributed by atoms with Gasteiger partial charge in [-0.15, -0.1) is 0 Å². The average molecular weight is 308 g/mol. The van der Waals surface area contributed by atoms with Gasteiger partial charge in [0.15, 0.2) is 0 Å². The van der Waals surface area contributed by atoms with Gasteiger partial charge < -0.3 is 4.42 Å². The first-order chi connectivity index (χ1) is 9.82. The van der Waals surface area contributed by atoms with E-state index in [0.717, 1.165) is 23.7 Å². The Morgan fingerprint density at radius 3 is 2.76 bits per heavy atom. The summed E-state index contributed by atoms with van der Waals surface area (Å²) in [5, 5.41) is 0. The second kappa shape index (κ2) is 4.87. The highest BCUT2D eigenvalue weighted by Crippen LogP contribution is 2.45. The molecule has 6 heteroatoms. The molecule has 0 bridgehead atoms. The van der Waals surface area contributed by atoms with E-state index in [0.29, 0.717) is 12.3 Å². The monoisotopic (exact) mass is 308 g/mol. The number of rotatable bonds is 2. The van der Waals surface area contributed by atoms with E-state index < -0.39 is 5.41 Å². The Morgan fingerprint density at radius 1 is 1.43 bits per heavy atom. The van der Waals surface area contributed by atoms with Crippen LogP contribution in [0, 0.1) is 5.41 Å². The third kappa shape index (κ3) is 2.50. The van der Waals surface area contributed by atoms with Crippen molar-refractivity contribution >= 4 is 23.6 Å². The number of nitrogens with zero attached hydrogens (tertiary/aromatic N) is 2. The summed E-state index contributed by atoms with van der Waals surface area (Å²) in [4.78, 5) is 30.3. The summed E-state index contributed by atoms with van der Waals surface area (Å²) in [7, 11) is 0. The van der Waals surface area contributed by atoms with Crippen LogP contribution < -0.4 is 0 Å². The van der Waals surface area contributed by atoms with Gasteiger partial charge in [0.25, 0.3) is 0 Å². The molecule has 1 spiro atoms. The largest absolute Gasteiger partial charge is 0.443 e. The summed E-state index contributed by atoms with van der Waals surface area (Å²) < 4.78 is 5.70. The molecule has 2 aliphatic rings. The van der Waals surface area contributed by atoms with Crippen LogP contribution in [0.3, 0.4) is 0 Å². The number of carbonyl (C=O) groups excluding carboxylic acids is 2. The lowest BCUT2D eigenvalue weighted by Crippen LogP contribution is -2.35. The molecule has 2 aliphatic heterocycles. The fourth-order valence-corrected chi connectivity index (χ4v) is 4.24. The highest BCUT2D eigenvalue weighted by molar-refractivity contribution is 7.99. The molecule has 1 aromatic heterocycles. The molecule has 21 heavy (non-hydrogen) atoms. The van der Waals surface area contributed by atoms with Crippen molar-refractivity contribution in [3.05, 3.63) is 17.8 Å². The number of hydrogen-bond acceptors (Lipinski definition) is 5. The summed E-state index contributed by atoms with van der Waals surface area (Å²) in [6, 6.07) is 0. The topological polar surface area (TPSA) is 63.4 Å². The molecule has 2 saturated heterocycles. The number of thioether (sulfide) groups is 1. The third-order valence-corrected chi connectivity index (χ3v) is 5.43. The molecular formula is C15H20N2O3S. The van der Waals surface area contributed by atoms with Gasteiger partial charge in [0.2, 0.25) is 17.7 Å². The predicted molar refractivity (Wildman–Crippen MR) is 79.8 cm³/mol. The number of imide groups is 1. The zero-order valence-corrected chi connectivity index (χ0v) is 13.5. The number of carbonyl (C=O) groups is 2. The van der Waals surface area contributed by atoms with Crippen molar-refractivity contribution < 1.29 is 14.0 Å². The van der Waals surface area contributed by atoms with Crippen molar-refractivity contribution in [1.29, 1.82) is 0 Å². The molecule has 1 atom stereocenters. The van der Waals surface area contributed by atoms with Crippen LogP contribution in [-0.2, 0) is 21.5 Å². The highest BCUT2D eigenvalue weighted by atomic mass is 32.2. The lowest BCUT2D eigenvalue weighted by atomic mass is 9.86. The van der Waals surface area contributed by atoms with Gasteiger partial charge in [-0.25, -0.2) is 4.98 Å². The van der Waals surface area contributed by atoms with Crippen LogP contribution in [0.1, 0.15) is 45.3 Å². The normalized spacial score (nSPS) is 26.3. The van der Waals surface area contributed by atoms with Crippen molar-refractivity contribution in [3.8, 4) is 0 Å². The van der Waals surface area contributed by atoms with E-state index >= 15 is 0 Å². The van der Waals surface area contributed by atoms with Crippen molar-refractivity contribution in [2.24, 2.45) is 5.41 Å². The molecule has 114 valence electrons. The van der Waals surface area contributed by atoms with Crippen LogP contribution in [0.4, 0.5) is 0 Å². The summed E-state index contributed by atoms with van der Waals surface area (Å²) in [5.41, 5.74) is -0.588. The van der Waals surface area contributed by atoms with E-state index in [1.165, 1.54) is 4.90 Å². The molecule has 1 aromatic rings. The van der Waals surface area contributed by atoms with Crippen molar-refractivity contribution in [3.63, 3.8) is 0 Å². The van der Waals surface area contributed by atoms with Crippen LogP contribution >= 0.6 is 11.8 Å². The van der Waals surface area contributed by atoms with E-state index in [1.54, 1.807) is 18.0 Å². The van der Waals surface area contributed by atoms with Crippen molar-refractivity contribution in [2.45, 2.75) is 45.6 Å². The quantitative estimate of drug-likeness (QED) is 0.785. The van der Waals surface area contributed by atoms with E-state index in [1.807, 2.05) is 20.8 Å². The molecule has 0 N–H and O–H groups in total. The number of amides is 2. The molecule has 2 fully saturated rings. The Labute approximate surface area is 128 Å². The first-order valence-electron chi connectivity index (χ1n) is 7.20. The fraction of sp³-hybridized carbons (Fsp3) is 0.667. The Balaban J connectivity index is 1.77. The van der Waals surface area contributed by atoms with Gasteiger partial charge in [-0.3, -0.25) is 14.5 Å². The Kier molecular flexibility index (Phi) is 3.39. The summed E-state index contributed by atoms with van der Waals surface area (Å²) in [6.45, 7) is 6.26. The lowest BCUT2D eigenvalue weighted by molar-refractivity contribution is -0.142. The van der Waals surface area contributed by atoms with Crippen LogP contribution in [0.2, 0.25) is 0 Å². The first-order valence-corrected chi connectivity index (χ1v) is 8.35. The summed E-state index contributed by atoms with van der Waals surface area (Å²) >= 11 is 1.75. The number of oxazole rings is 1. The molecule has 0 radical (unpaired) electrons. The fourth-order valence-electron chi connectivity index (χ4n) is 2.80. The number of likely N-dealkylation sites (tertiary alicyclic amines) is 1. The van der Waals surface area contributed by atoms with Gasteiger partial charge in [-0.2, -0.15) is 11.8 Å².